The van der Waals surface area contributed by atoms with Gasteiger partial charge < -0.3 is 9.88 Å². The Morgan fingerprint density at radius 3 is 2.56 bits per heavy atom. The SMILES string of the molecule is C[C@H](NC(=O)/C(C#N)=C\c1cn(C)c2ccccc12)c1ccccc1. The van der Waals surface area contributed by atoms with Crippen LogP contribution in [0.2, 0.25) is 0 Å². The van der Waals surface area contributed by atoms with Crippen LogP contribution in [0.1, 0.15) is 24.1 Å². The number of nitrogens with zero attached hydrogens (tertiary/aromatic N) is 2. The van der Waals surface area contributed by atoms with E-state index in [0.29, 0.717) is 0 Å². The molecule has 0 spiro atoms. The van der Waals surface area contributed by atoms with Gasteiger partial charge in [0.25, 0.3) is 5.91 Å². The number of benzene rings is 2. The molecule has 1 amide bonds. The highest BCUT2D eigenvalue weighted by atomic mass is 16.1. The molecular formula is C21H19N3O. The Hall–Kier alpha value is -3.32. The second-order valence-corrected chi connectivity index (χ2v) is 5.99. The number of hydrogen-bond donors (Lipinski definition) is 1. The minimum Gasteiger partial charge on any atom is -0.350 e. The van der Waals surface area contributed by atoms with E-state index in [1.807, 2.05) is 85.4 Å². The van der Waals surface area contributed by atoms with Gasteiger partial charge in [0.2, 0.25) is 0 Å². The van der Waals surface area contributed by atoms with Crippen LogP contribution >= 0.6 is 0 Å². The number of nitrogens with one attached hydrogen (secondary N) is 1. The van der Waals surface area contributed by atoms with Crippen LogP contribution in [-0.2, 0) is 11.8 Å². The molecule has 0 aliphatic rings. The van der Waals surface area contributed by atoms with E-state index in [-0.39, 0.29) is 17.5 Å². The topological polar surface area (TPSA) is 57.8 Å². The van der Waals surface area contributed by atoms with Gasteiger partial charge in [0, 0.05) is 29.7 Å². The van der Waals surface area contributed by atoms with Crippen LogP contribution in [0.25, 0.3) is 17.0 Å². The summed E-state index contributed by atoms with van der Waals surface area (Å²) in [5.74, 6) is -0.369. The van der Waals surface area contributed by atoms with E-state index < -0.39 is 0 Å². The lowest BCUT2D eigenvalue weighted by Gasteiger charge is -2.13. The first kappa shape index (κ1) is 16.5. The Kier molecular flexibility index (Phi) is 4.67. The Morgan fingerprint density at radius 1 is 1.16 bits per heavy atom. The van der Waals surface area contributed by atoms with Crippen molar-refractivity contribution in [1.29, 1.82) is 5.26 Å². The Bertz CT molecular complexity index is 977. The number of hydrogen-bond acceptors (Lipinski definition) is 2. The largest absolute Gasteiger partial charge is 0.350 e. The standard InChI is InChI=1S/C21H19N3O/c1-15(16-8-4-3-5-9-16)23-21(25)17(13-22)12-18-14-24(2)20-11-7-6-10-19(18)20/h3-12,14-15H,1-2H3,(H,23,25)/b17-12-/t15-/m0/s1. The van der Waals surface area contributed by atoms with Crippen molar-refractivity contribution >= 4 is 22.9 Å². The highest BCUT2D eigenvalue weighted by molar-refractivity contribution is 6.04. The monoisotopic (exact) mass is 329 g/mol. The molecule has 0 aliphatic heterocycles. The summed E-state index contributed by atoms with van der Waals surface area (Å²) >= 11 is 0. The maximum atomic E-state index is 12.5. The molecule has 4 nitrogen and oxygen atoms in total. The van der Waals surface area contributed by atoms with Crippen LogP contribution in [-0.4, -0.2) is 10.5 Å². The average Bonchev–Trinajstić information content (AvgIpc) is 2.96. The van der Waals surface area contributed by atoms with E-state index >= 15 is 0 Å². The molecule has 3 aromatic rings. The molecule has 1 heterocycles. The first-order chi connectivity index (χ1) is 12.1. The molecule has 0 aliphatic carbocycles. The predicted octanol–water partition coefficient (Wildman–Crippen LogP) is 3.96. The van der Waals surface area contributed by atoms with E-state index in [9.17, 15) is 10.1 Å². The molecule has 0 saturated carbocycles. The minimum atomic E-state index is -0.369. The maximum absolute atomic E-state index is 12.5. The summed E-state index contributed by atoms with van der Waals surface area (Å²) < 4.78 is 1.99. The highest BCUT2D eigenvalue weighted by Crippen LogP contribution is 2.23. The lowest BCUT2D eigenvalue weighted by atomic mass is 10.1. The molecule has 1 aromatic heterocycles. The molecule has 0 unspecified atom stereocenters. The fraction of sp³-hybridized carbons (Fsp3) is 0.143. The number of nitriles is 1. The van der Waals surface area contributed by atoms with E-state index in [1.54, 1.807) is 6.08 Å². The fourth-order valence-corrected chi connectivity index (χ4v) is 2.89. The van der Waals surface area contributed by atoms with Gasteiger partial charge in [-0.3, -0.25) is 4.79 Å². The van der Waals surface area contributed by atoms with Gasteiger partial charge in [-0.2, -0.15) is 5.26 Å². The summed E-state index contributed by atoms with van der Waals surface area (Å²) in [7, 11) is 1.95. The van der Waals surface area contributed by atoms with E-state index in [2.05, 4.69) is 5.32 Å². The first-order valence-electron chi connectivity index (χ1n) is 8.12. The number of aryl methyl sites for hydroxylation is 1. The minimum absolute atomic E-state index is 0.0964. The summed E-state index contributed by atoms with van der Waals surface area (Å²) in [4.78, 5) is 12.5. The van der Waals surface area contributed by atoms with Gasteiger partial charge in [0.15, 0.2) is 0 Å². The lowest BCUT2D eigenvalue weighted by molar-refractivity contribution is -0.117. The molecule has 0 bridgehead atoms. The van der Waals surface area contributed by atoms with Crippen molar-refractivity contribution in [3.63, 3.8) is 0 Å². The Balaban J connectivity index is 1.87. The highest BCUT2D eigenvalue weighted by Gasteiger charge is 2.15. The Labute approximate surface area is 147 Å². The van der Waals surface area contributed by atoms with Crippen molar-refractivity contribution in [2.45, 2.75) is 13.0 Å². The lowest BCUT2D eigenvalue weighted by Crippen LogP contribution is -2.27. The van der Waals surface area contributed by atoms with Gasteiger partial charge in [-0.05, 0) is 24.6 Å². The molecule has 0 radical (unpaired) electrons. The van der Waals surface area contributed by atoms with Crippen LogP contribution in [0.5, 0.6) is 0 Å². The molecule has 2 aromatic carbocycles. The number of carbonyl (C=O) groups excluding carboxylic acids is 1. The molecule has 3 rings (SSSR count). The van der Waals surface area contributed by atoms with Crippen LogP contribution in [0, 0.1) is 11.3 Å². The van der Waals surface area contributed by atoms with Gasteiger partial charge in [0.1, 0.15) is 11.6 Å². The third-order valence-electron chi connectivity index (χ3n) is 4.24. The van der Waals surface area contributed by atoms with Gasteiger partial charge in [-0.25, -0.2) is 0 Å². The molecule has 0 fully saturated rings. The molecule has 25 heavy (non-hydrogen) atoms. The van der Waals surface area contributed by atoms with Crippen molar-refractivity contribution < 1.29 is 4.79 Å². The van der Waals surface area contributed by atoms with Crippen LogP contribution in [0.4, 0.5) is 0 Å². The summed E-state index contributed by atoms with van der Waals surface area (Å²) in [5, 5.41) is 13.3. The molecular weight excluding hydrogens is 310 g/mol. The summed E-state index contributed by atoms with van der Waals surface area (Å²) in [6, 6.07) is 19.4. The van der Waals surface area contributed by atoms with Crippen LogP contribution in [0.3, 0.4) is 0 Å². The third kappa shape index (κ3) is 3.46. The zero-order valence-electron chi connectivity index (χ0n) is 14.2. The van der Waals surface area contributed by atoms with Gasteiger partial charge in [-0.15, -0.1) is 0 Å². The number of para-hydroxylation sites is 1. The second-order valence-electron chi connectivity index (χ2n) is 5.99. The summed E-state index contributed by atoms with van der Waals surface area (Å²) in [5.41, 5.74) is 3.01. The molecule has 124 valence electrons. The van der Waals surface area contributed by atoms with Crippen molar-refractivity contribution in [2.75, 3.05) is 0 Å². The normalized spacial score (nSPS) is 12.6. The molecule has 1 atom stereocenters. The average molecular weight is 329 g/mol. The first-order valence-corrected chi connectivity index (χ1v) is 8.12. The van der Waals surface area contributed by atoms with Crippen molar-refractivity contribution in [3.8, 4) is 6.07 Å². The molecule has 0 saturated heterocycles. The second kappa shape index (κ2) is 7.06. The van der Waals surface area contributed by atoms with E-state index in [4.69, 9.17) is 0 Å². The number of amides is 1. The van der Waals surface area contributed by atoms with Crippen molar-refractivity contribution in [3.05, 3.63) is 77.5 Å². The van der Waals surface area contributed by atoms with Crippen LogP contribution in [0.15, 0.2) is 66.4 Å². The number of fused-ring (bicyclic) bond motifs is 1. The molecule has 1 N–H and O–H groups in total. The zero-order chi connectivity index (χ0) is 17.8. The van der Waals surface area contributed by atoms with Crippen molar-refractivity contribution in [2.24, 2.45) is 7.05 Å². The zero-order valence-corrected chi connectivity index (χ0v) is 14.2. The van der Waals surface area contributed by atoms with E-state index in [1.165, 1.54) is 0 Å². The third-order valence-corrected chi connectivity index (χ3v) is 4.24. The van der Waals surface area contributed by atoms with Gasteiger partial charge in [0.05, 0.1) is 6.04 Å². The Morgan fingerprint density at radius 2 is 1.84 bits per heavy atom. The van der Waals surface area contributed by atoms with E-state index in [0.717, 1.165) is 22.0 Å². The summed E-state index contributed by atoms with van der Waals surface area (Å²) in [6.45, 7) is 1.90. The quantitative estimate of drug-likeness (QED) is 0.582. The number of rotatable bonds is 4. The van der Waals surface area contributed by atoms with Gasteiger partial charge >= 0.3 is 0 Å². The maximum Gasteiger partial charge on any atom is 0.262 e. The van der Waals surface area contributed by atoms with Crippen molar-refractivity contribution in [1.82, 2.24) is 9.88 Å². The summed E-state index contributed by atoms with van der Waals surface area (Å²) in [6.07, 6.45) is 3.57. The van der Waals surface area contributed by atoms with Crippen LogP contribution < -0.4 is 5.32 Å². The smallest absolute Gasteiger partial charge is 0.262 e. The predicted molar refractivity (Wildman–Crippen MR) is 99.5 cm³/mol. The molecule has 4 heteroatoms. The van der Waals surface area contributed by atoms with Gasteiger partial charge in [-0.1, -0.05) is 48.5 Å². The number of aromatic nitrogens is 1. The number of carbonyl (C=O) groups is 1. The fourth-order valence-electron chi connectivity index (χ4n) is 2.89.